The van der Waals surface area contributed by atoms with Crippen molar-refractivity contribution in [3.8, 4) is 0 Å². The molecule has 1 aromatic rings. The van der Waals surface area contributed by atoms with Gasteiger partial charge >= 0.3 is 5.97 Å². The number of carboxylic acid groups (broad SMARTS) is 1. The van der Waals surface area contributed by atoms with Gasteiger partial charge in [0.15, 0.2) is 0 Å². The van der Waals surface area contributed by atoms with Gasteiger partial charge in [-0.05, 0) is 17.4 Å². The number of thiophene rings is 1. The number of hydrogen-bond acceptors (Lipinski definition) is 4. The average molecular weight is 282 g/mol. The van der Waals surface area contributed by atoms with Crippen LogP contribution >= 0.6 is 11.3 Å². The lowest BCUT2D eigenvalue weighted by Gasteiger charge is -2.38. The zero-order valence-electron chi connectivity index (χ0n) is 10.9. The standard InChI is InChI=1S/C13H18N2O3S/c1-14(8-11-3-2-4-19-11)12(16)9-15-6-10(7-15)5-13(17)18/h2-4,10H,5-9H2,1H3,(H,17,18). The van der Waals surface area contributed by atoms with E-state index in [4.69, 9.17) is 5.11 Å². The number of carbonyl (C=O) groups is 2. The number of likely N-dealkylation sites (N-methyl/N-ethyl adjacent to an activating group) is 1. The molecule has 6 heteroatoms. The van der Waals surface area contributed by atoms with Crippen LogP contribution in [0, 0.1) is 5.92 Å². The number of likely N-dealkylation sites (tertiary alicyclic amines) is 1. The van der Waals surface area contributed by atoms with Crippen LogP contribution in [0.3, 0.4) is 0 Å². The van der Waals surface area contributed by atoms with Crippen molar-refractivity contribution in [2.24, 2.45) is 5.92 Å². The summed E-state index contributed by atoms with van der Waals surface area (Å²) in [4.78, 5) is 27.4. The van der Waals surface area contributed by atoms with E-state index in [1.807, 2.05) is 22.4 Å². The number of aliphatic carboxylic acids is 1. The molecule has 1 N–H and O–H groups in total. The van der Waals surface area contributed by atoms with Gasteiger partial charge in [0, 0.05) is 25.0 Å². The van der Waals surface area contributed by atoms with Crippen LogP contribution in [0.25, 0.3) is 0 Å². The highest BCUT2D eigenvalue weighted by molar-refractivity contribution is 7.09. The van der Waals surface area contributed by atoms with E-state index < -0.39 is 5.97 Å². The molecule has 1 fully saturated rings. The first kappa shape index (κ1) is 14.0. The molecule has 1 aliphatic rings. The summed E-state index contributed by atoms with van der Waals surface area (Å²) in [5.41, 5.74) is 0. The van der Waals surface area contributed by atoms with Crippen molar-refractivity contribution in [2.45, 2.75) is 13.0 Å². The summed E-state index contributed by atoms with van der Waals surface area (Å²) in [5, 5.41) is 10.7. The number of carboxylic acids is 1. The third-order valence-corrected chi connectivity index (χ3v) is 4.11. The lowest BCUT2D eigenvalue weighted by molar-refractivity contribution is -0.140. The van der Waals surface area contributed by atoms with Gasteiger partial charge in [-0.15, -0.1) is 11.3 Å². The Kier molecular flexibility index (Phi) is 4.55. The molecular weight excluding hydrogens is 264 g/mol. The number of amides is 1. The van der Waals surface area contributed by atoms with E-state index >= 15 is 0 Å². The van der Waals surface area contributed by atoms with Crippen molar-refractivity contribution in [3.63, 3.8) is 0 Å². The summed E-state index contributed by atoms with van der Waals surface area (Å²) >= 11 is 1.64. The fourth-order valence-corrected chi connectivity index (χ4v) is 2.98. The fraction of sp³-hybridized carbons (Fsp3) is 0.538. The minimum atomic E-state index is -0.759. The topological polar surface area (TPSA) is 60.9 Å². The van der Waals surface area contributed by atoms with Crippen molar-refractivity contribution in [1.29, 1.82) is 0 Å². The van der Waals surface area contributed by atoms with Crippen molar-refractivity contribution in [2.75, 3.05) is 26.7 Å². The van der Waals surface area contributed by atoms with Gasteiger partial charge in [-0.2, -0.15) is 0 Å². The Balaban J connectivity index is 1.69. The van der Waals surface area contributed by atoms with E-state index in [0.717, 1.165) is 0 Å². The molecule has 5 nitrogen and oxygen atoms in total. The van der Waals surface area contributed by atoms with Crippen LogP contribution < -0.4 is 0 Å². The maximum atomic E-state index is 12.0. The first-order valence-corrected chi connectivity index (χ1v) is 7.13. The molecular formula is C13H18N2O3S. The monoisotopic (exact) mass is 282 g/mol. The molecule has 0 unspecified atom stereocenters. The van der Waals surface area contributed by atoms with Crippen LogP contribution in [-0.4, -0.2) is 53.5 Å². The van der Waals surface area contributed by atoms with Gasteiger partial charge in [0.1, 0.15) is 0 Å². The quantitative estimate of drug-likeness (QED) is 0.849. The molecule has 1 saturated heterocycles. The predicted molar refractivity (Wildman–Crippen MR) is 73.0 cm³/mol. The molecule has 19 heavy (non-hydrogen) atoms. The molecule has 0 bridgehead atoms. The third kappa shape index (κ3) is 4.04. The Labute approximate surface area is 116 Å². The SMILES string of the molecule is CN(Cc1cccs1)C(=O)CN1CC(CC(=O)O)C1. The molecule has 1 aliphatic heterocycles. The van der Waals surface area contributed by atoms with Gasteiger partial charge in [0.25, 0.3) is 0 Å². The molecule has 2 heterocycles. The van der Waals surface area contributed by atoms with Crippen molar-refractivity contribution < 1.29 is 14.7 Å². The highest BCUT2D eigenvalue weighted by Gasteiger charge is 2.30. The van der Waals surface area contributed by atoms with Crippen LogP contribution in [0.2, 0.25) is 0 Å². The Morgan fingerprint density at radius 1 is 1.53 bits per heavy atom. The van der Waals surface area contributed by atoms with Crippen LogP contribution in [-0.2, 0) is 16.1 Å². The van der Waals surface area contributed by atoms with Crippen LogP contribution in [0.1, 0.15) is 11.3 Å². The first-order chi connectivity index (χ1) is 9.04. The second-order valence-electron chi connectivity index (χ2n) is 4.99. The average Bonchev–Trinajstić information content (AvgIpc) is 2.78. The molecule has 1 amide bonds. The molecule has 2 rings (SSSR count). The maximum Gasteiger partial charge on any atom is 0.303 e. The predicted octanol–water partition coefficient (Wildman–Crippen LogP) is 1.11. The van der Waals surface area contributed by atoms with Crippen molar-refractivity contribution in [1.82, 2.24) is 9.80 Å². The minimum Gasteiger partial charge on any atom is -0.481 e. The Bertz CT molecular complexity index is 441. The zero-order chi connectivity index (χ0) is 13.8. The molecule has 104 valence electrons. The van der Waals surface area contributed by atoms with Crippen molar-refractivity contribution in [3.05, 3.63) is 22.4 Å². The van der Waals surface area contributed by atoms with Gasteiger partial charge in [0.05, 0.1) is 19.5 Å². The molecule has 0 spiro atoms. The van der Waals surface area contributed by atoms with Crippen LogP contribution in [0.5, 0.6) is 0 Å². The van der Waals surface area contributed by atoms with E-state index in [-0.39, 0.29) is 18.2 Å². The number of rotatable bonds is 6. The molecule has 0 aromatic carbocycles. The van der Waals surface area contributed by atoms with E-state index in [9.17, 15) is 9.59 Å². The number of hydrogen-bond donors (Lipinski definition) is 1. The van der Waals surface area contributed by atoms with Gasteiger partial charge in [-0.25, -0.2) is 0 Å². The molecule has 1 aromatic heterocycles. The first-order valence-electron chi connectivity index (χ1n) is 6.25. The number of nitrogens with zero attached hydrogens (tertiary/aromatic N) is 2. The summed E-state index contributed by atoms with van der Waals surface area (Å²) < 4.78 is 0. The summed E-state index contributed by atoms with van der Waals surface area (Å²) in [6.07, 6.45) is 0.204. The zero-order valence-corrected chi connectivity index (χ0v) is 11.7. The molecule has 0 aliphatic carbocycles. The minimum absolute atomic E-state index is 0.0853. The fourth-order valence-electron chi connectivity index (χ4n) is 2.22. The lowest BCUT2D eigenvalue weighted by atomic mass is 9.96. The smallest absolute Gasteiger partial charge is 0.303 e. The largest absolute Gasteiger partial charge is 0.481 e. The van der Waals surface area contributed by atoms with E-state index in [1.54, 1.807) is 23.3 Å². The van der Waals surface area contributed by atoms with E-state index in [1.165, 1.54) is 4.88 Å². The lowest BCUT2D eigenvalue weighted by Crippen LogP contribution is -2.51. The second-order valence-corrected chi connectivity index (χ2v) is 6.02. The third-order valence-electron chi connectivity index (χ3n) is 3.25. The van der Waals surface area contributed by atoms with Crippen molar-refractivity contribution >= 4 is 23.2 Å². The van der Waals surface area contributed by atoms with Gasteiger partial charge in [-0.1, -0.05) is 6.07 Å². The highest BCUT2D eigenvalue weighted by Crippen LogP contribution is 2.19. The summed E-state index contributed by atoms with van der Waals surface area (Å²) in [7, 11) is 1.80. The molecule has 0 saturated carbocycles. The second kappa shape index (κ2) is 6.16. The van der Waals surface area contributed by atoms with Gasteiger partial charge in [0.2, 0.25) is 5.91 Å². The summed E-state index contributed by atoms with van der Waals surface area (Å²) in [5.74, 6) is -0.471. The summed E-state index contributed by atoms with van der Waals surface area (Å²) in [6.45, 7) is 2.46. The highest BCUT2D eigenvalue weighted by atomic mass is 32.1. The molecule has 0 radical (unpaired) electrons. The number of carbonyl (C=O) groups excluding carboxylic acids is 1. The maximum absolute atomic E-state index is 12.0. The van der Waals surface area contributed by atoms with Gasteiger partial charge < -0.3 is 10.0 Å². The van der Waals surface area contributed by atoms with E-state index in [0.29, 0.717) is 26.2 Å². The van der Waals surface area contributed by atoms with Crippen LogP contribution in [0.4, 0.5) is 0 Å². The summed E-state index contributed by atoms with van der Waals surface area (Å²) in [6, 6.07) is 3.99. The Morgan fingerprint density at radius 3 is 2.84 bits per heavy atom. The molecule has 0 atom stereocenters. The Hall–Kier alpha value is -1.40. The van der Waals surface area contributed by atoms with Gasteiger partial charge in [-0.3, -0.25) is 14.5 Å². The van der Waals surface area contributed by atoms with Crippen LogP contribution in [0.15, 0.2) is 17.5 Å². The normalized spacial score (nSPS) is 16.1. The van der Waals surface area contributed by atoms with E-state index in [2.05, 4.69) is 0 Å². The Morgan fingerprint density at radius 2 is 2.26 bits per heavy atom.